The van der Waals surface area contributed by atoms with E-state index in [0.717, 1.165) is 5.03 Å². The zero-order valence-corrected chi connectivity index (χ0v) is 10.6. The fourth-order valence-electron chi connectivity index (χ4n) is 1.21. The Bertz CT molecular complexity index is 459. The van der Waals surface area contributed by atoms with E-state index in [1.807, 2.05) is 18.5 Å². The van der Waals surface area contributed by atoms with Crippen LogP contribution in [0.15, 0.2) is 33.1 Å². The molecular formula is C10H11N3OS2. The van der Waals surface area contributed by atoms with Crippen LogP contribution in [0, 0.1) is 0 Å². The highest BCUT2D eigenvalue weighted by atomic mass is 32.2. The molecule has 0 bridgehead atoms. The fraction of sp³-hybridized carbons (Fsp3) is 0.200. The number of thiophene rings is 1. The molecule has 84 valence electrons. The molecule has 0 atom stereocenters. The number of hydrogen-bond donors (Lipinski definition) is 1. The summed E-state index contributed by atoms with van der Waals surface area (Å²) in [6.45, 7) is 0. The first-order valence-electron chi connectivity index (χ1n) is 4.63. The second-order valence-electron chi connectivity index (χ2n) is 2.84. The second-order valence-corrected chi connectivity index (χ2v) is 5.08. The van der Waals surface area contributed by atoms with Crippen LogP contribution in [-0.2, 0) is 0 Å². The van der Waals surface area contributed by atoms with E-state index in [-0.39, 0.29) is 0 Å². The molecule has 2 aromatic rings. The monoisotopic (exact) mass is 253 g/mol. The fourth-order valence-corrected chi connectivity index (χ4v) is 2.96. The normalized spacial score (nSPS) is 10.1. The molecule has 6 heteroatoms. The van der Waals surface area contributed by atoms with Crippen molar-refractivity contribution in [1.82, 2.24) is 9.97 Å². The summed E-state index contributed by atoms with van der Waals surface area (Å²) < 4.78 is 6.49. The van der Waals surface area contributed by atoms with Crippen LogP contribution in [0.25, 0.3) is 0 Å². The van der Waals surface area contributed by atoms with Gasteiger partial charge in [0.2, 0.25) is 0 Å². The summed E-state index contributed by atoms with van der Waals surface area (Å²) in [5.74, 6) is 1.39. The summed E-state index contributed by atoms with van der Waals surface area (Å²) in [6, 6.07) is 4.07. The Morgan fingerprint density at radius 1 is 1.44 bits per heavy atom. The average Bonchev–Trinajstić information content (AvgIpc) is 2.81. The predicted octanol–water partition coefficient (Wildman–Crippen LogP) is 2.74. The maximum atomic E-state index is 5.31. The Labute approximate surface area is 102 Å². The minimum absolute atomic E-state index is 0.684. The molecule has 0 aliphatic heterocycles. The van der Waals surface area contributed by atoms with Crippen LogP contribution in [0.5, 0.6) is 5.75 Å². The Morgan fingerprint density at radius 3 is 2.94 bits per heavy atom. The van der Waals surface area contributed by atoms with Crippen LogP contribution in [0.1, 0.15) is 0 Å². The highest BCUT2D eigenvalue weighted by molar-refractivity contribution is 8.01. The third kappa shape index (κ3) is 2.28. The number of rotatable bonds is 4. The first kappa shape index (κ1) is 11.2. The van der Waals surface area contributed by atoms with Crippen molar-refractivity contribution < 1.29 is 4.74 Å². The Kier molecular flexibility index (Phi) is 3.63. The topological polar surface area (TPSA) is 47.0 Å². The van der Waals surface area contributed by atoms with Crippen molar-refractivity contribution in [1.29, 1.82) is 0 Å². The van der Waals surface area contributed by atoms with Crippen molar-refractivity contribution in [3.63, 3.8) is 0 Å². The van der Waals surface area contributed by atoms with E-state index in [4.69, 9.17) is 4.74 Å². The smallest absolute Gasteiger partial charge is 0.194 e. The standard InChI is InChI=1S/C10H11N3OS2/c1-11-9-8(14-2)10(13-6-12-9)16-7-4-3-5-15-7/h3-6H,1-2H3,(H,11,12,13). The number of aromatic nitrogens is 2. The summed E-state index contributed by atoms with van der Waals surface area (Å²) >= 11 is 3.25. The molecule has 0 fully saturated rings. The molecule has 0 aliphatic rings. The first-order valence-corrected chi connectivity index (χ1v) is 6.33. The van der Waals surface area contributed by atoms with Crippen LogP contribution < -0.4 is 10.1 Å². The number of hydrogen-bond acceptors (Lipinski definition) is 6. The Balaban J connectivity index is 2.33. The SMILES string of the molecule is CNc1ncnc(Sc2cccs2)c1OC. The highest BCUT2D eigenvalue weighted by Crippen LogP contribution is 2.38. The van der Waals surface area contributed by atoms with Gasteiger partial charge in [-0.05, 0) is 11.4 Å². The molecule has 2 aromatic heterocycles. The largest absolute Gasteiger partial charge is 0.490 e. The van der Waals surface area contributed by atoms with E-state index in [1.54, 1.807) is 30.2 Å². The Morgan fingerprint density at radius 2 is 2.31 bits per heavy atom. The van der Waals surface area contributed by atoms with E-state index in [9.17, 15) is 0 Å². The lowest BCUT2D eigenvalue weighted by Crippen LogP contribution is -1.99. The van der Waals surface area contributed by atoms with Crippen molar-refractivity contribution in [2.24, 2.45) is 0 Å². The minimum Gasteiger partial charge on any atom is -0.490 e. The van der Waals surface area contributed by atoms with Crippen molar-refractivity contribution in [3.8, 4) is 5.75 Å². The quantitative estimate of drug-likeness (QED) is 0.849. The van der Waals surface area contributed by atoms with Crippen molar-refractivity contribution in [3.05, 3.63) is 23.8 Å². The van der Waals surface area contributed by atoms with Crippen LogP contribution in [0.3, 0.4) is 0 Å². The van der Waals surface area contributed by atoms with E-state index in [1.165, 1.54) is 10.5 Å². The lowest BCUT2D eigenvalue weighted by atomic mass is 10.5. The van der Waals surface area contributed by atoms with Gasteiger partial charge in [-0.1, -0.05) is 17.8 Å². The molecule has 1 N–H and O–H groups in total. The van der Waals surface area contributed by atoms with Gasteiger partial charge in [0.15, 0.2) is 11.6 Å². The van der Waals surface area contributed by atoms with Crippen LogP contribution in [0.2, 0.25) is 0 Å². The molecule has 2 rings (SSSR count). The molecule has 0 spiro atoms. The van der Waals surface area contributed by atoms with Gasteiger partial charge in [0.1, 0.15) is 11.4 Å². The maximum Gasteiger partial charge on any atom is 0.194 e. The number of nitrogens with zero attached hydrogens (tertiary/aromatic N) is 2. The molecule has 4 nitrogen and oxygen atoms in total. The van der Waals surface area contributed by atoms with Crippen LogP contribution in [0.4, 0.5) is 5.82 Å². The van der Waals surface area contributed by atoms with Gasteiger partial charge in [0.25, 0.3) is 0 Å². The summed E-state index contributed by atoms with van der Waals surface area (Å²) in [5, 5.41) is 5.84. The maximum absolute atomic E-state index is 5.31. The molecule has 0 saturated heterocycles. The minimum atomic E-state index is 0.684. The van der Waals surface area contributed by atoms with E-state index >= 15 is 0 Å². The molecule has 0 unspecified atom stereocenters. The van der Waals surface area contributed by atoms with E-state index in [2.05, 4.69) is 21.4 Å². The molecule has 0 amide bonds. The van der Waals surface area contributed by atoms with Gasteiger partial charge in [-0.2, -0.15) is 0 Å². The number of ether oxygens (including phenoxy) is 1. The molecule has 2 heterocycles. The van der Waals surface area contributed by atoms with E-state index in [0.29, 0.717) is 11.6 Å². The second kappa shape index (κ2) is 5.18. The van der Waals surface area contributed by atoms with Crippen LogP contribution >= 0.6 is 23.1 Å². The van der Waals surface area contributed by atoms with Gasteiger partial charge < -0.3 is 10.1 Å². The lowest BCUT2D eigenvalue weighted by molar-refractivity contribution is 0.400. The molecular weight excluding hydrogens is 242 g/mol. The average molecular weight is 253 g/mol. The summed E-state index contributed by atoms with van der Waals surface area (Å²) in [6.07, 6.45) is 1.53. The molecule has 0 radical (unpaired) electrons. The summed E-state index contributed by atoms with van der Waals surface area (Å²) in [5.41, 5.74) is 0. The number of anilines is 1. The summed E-state index contributed by atoms with van der Waals surface area (Å²) in [4.78, 5) is 8.33. The van der Waals surface area contributed by atoms with Gasteiger partial charge in [-0.3, -0.25) is 0 Å². The Hall–Kier alpha value is -1.27. The van der Waals surface area contributed by atoms with Gasteiger partial charge in [-0.15, -0.1) is 11.3 Å². The zero-order valence-electron chi connectivity index (χ0n) is 8.93. The van der Waals surface area contributed by atoms with Crippen LogP contribution in [-0.4, -0.2) is 24.1 Å². The van der Waals surface area contributed by atoms with Gasteiger partial charge in [0.05, 0.1) is 11.3 Å². The molecule has 0 aromatic carbocycles. The van der Waals surface area contributed by atoms with Crippen molar-refractivity contribution in [2.45, 2.75) is 9.24 Å². The van der Waals surface area contributed by atoms with Crippen molar-refractivity contribution >= 4 is 28.9 Å². The first-order chi connectivity index (χ1) is 7.85. The predicted molar refractivity (Wildman–Crippen MR) is 66.6 cm³/mol. The summed E-state index contributed by atoms with van der Waals surface area (Å²) in [7, 11) is 3.43. The molecule has 0 aliphatic carbocycles. The number of nitrogens with one attached hydrogen (secondary N) is 1. The molecule has 0 saturated carbocycles. The lowest BCUT2D eigenvalue weighted by Gasteiger charge is -2.09. The van der Waals surface area contributed by atoms with Crippen molar-refractivity contribution in [2.75, 3.05) is 19.5 Å². The molecule has 16 heavy (non-hydrogen) atoms. The van der Waals surface area contributed by atoms with Gasteiger partial charge in [0, 0.05) is 7.05 Å². The van der Waals surface area contributed by atoms with E-state index < -0.39 is 0 Å². The third-order valence-electron chi connectivity index (χ3n) is 1.90. The third-order valence-corrected chi connectivity index (χ3v) is 3.93. The zero-order chi connectivity index (χ0) is 11.4. The number of methoxy groups -OCH3 is 1. The van der Waals surface area contributed by atoms with Gasteiger partial charge in [-0.25, -0.2) is 9.97 Å². The van der Waals surface area contributed by atoms with Gasteiger partial charge >= 0.3 is 0 Å². The highest BCUT2D eigenvalue weighted by Gasteiger charge is 2.12.